The standard InChI is InChI=1S/C26H19F2N/c1-18-2-12-23(29-17-18)13-9-20-5-3-19(4-6-20)7-8-21-10-14-24-22(16-21)11-15-25(27)26(24)28/h2-6,10-12,14-17H,9,13H2,1H3. The maximum absolute atomic E-state index is 13.8. The van der Waals surface area contributed by atoms with Gasteiger partial charge in [-0.15, -0.1) is 0 Å². The lowest BCUT2D eigenvalue weighted by Gasteiger charge is -2.02. The van der Waals surface area contributed by atoms with E-state index < -0.39 is 11.6 Å². The Balaban J connectivity index is 1.45. The van der Waals surface area contributed by atoms with E-state index in [1.54, 1.807) is 24.3 Å². The minimum Gasteiger partial charge on any atom is -0.261 e. The van der Waals surface area contributed by atoms with Crippen molar-refractivity contribution in [1.29, 1.82) is 0 Å². The number of fused-ring (bicyclic) bond motifs is 1. The second kappa shape index (κ2) is 8.24. The maximum atomic E-state index is 13.8. The van der Waals surface area contributed by atoms with E-state index >= 15 is 0 Å². The molecule has 0 spiro atoms. The van der Waals surface area contributed by atoms with Crippen LogP contribution in [0, 0.1) is 30.4 Å². The average molecular weight is 383 g/mol. The number of hydrogen-bond acceptors (Lipinski definition) is 1. The Bertz CT molecular complexity index is 1210. The summed E-state index contributed by atoms with van der Waals surface area (Å²) in [4.78, 5) is 4.44. The molecule has 0 atom stereocenters. The van der Waals surface area contributed by atoms with Crippen molar-refractivity contribution >= 4 is 10.8 Å². The molecule has 4 aromatic rings. The van der Waals surface area contributed by atoms with Crippen LogP contribution in [-0.4, -0.2) is 4.98 Å². The summed E-state index contributed by atoms with van der Waals surface area (Å²) in [7, 11) is 0. The molecule has 0 aliphatic heterocycles. The monoisotopic (exact) mass is 383 g/mol. The van der Waals surface area contributed by atoms with Gasteiger partial charge in [-0.1, -0.05) is 42.2 Å². The summed E-state index contributed by atoms with van der Waals surface area (Å²) in [6.07, 6.45) is 3.72. The van der Waals surface area contributed by atoms with Gasteiger partial charge in [0.15, 0.2) is 11.6 Å². The highest BCUT2D eigenvalue weighted by molar-refractivity contribution is 5.84. The van der Waals surface area contributed by atoms with Gasteiger partial charge in [0.05, 0.1) is 0 Å². The molecule has 142 valence electrons. The van der Waals surface area contributed by atoms with Gasteiger partial charge >= 0.3 is 0 Å². The van der Waals surface area contributed by atoms with Crippen molar-refractivity contribution in [3.05, 3.63) is 113 Å². The molecule has 0 fully saturated rings. The van der Waals surface area contributed by atoms with E-state index in [1.165, 1.54) is 11.1 Å². The van der Waals surface area contributed by atoms with Crippen LogP contribution in [0.25, 0.3) is 10.8 Å². The van der Waals surface area contributed by atoms with Crippen molar-refractivity contribution in [2.24, 2.45) is 0 Å². The number of hydrogen-bond donors (Lipinski definition) is 0. The summed E-state index contributed by atoms with van der Waals surface area (Å²) in [5.41, 5.74) is 5.17. The van der Waals surface area contributed by atoms with Crippen LogP contribution in [0.2, 0.25) is 0 Å². The second-order valence-electron chi connectivity index (χ2n) is 7.07. The average Bonchev–Trinajstić information content (AvgIpc) is 2.75. The molecule has 3 heteroatoms. The third kappa shape index (κ3) is 4.50. The Morgan fingerprint density at radius 3 is 2.31 bits per heavy atom. The van der Waals surface area contributed by atoms with Crippen molar-refractivity contribution in [1.82, 2.24) is 4.98 Å². The van der Waals surface area contributed by atoms with Crippen LogP contribution < -0.4 is 0 Å². The summed E-state index contributed by atoms with van der Waals surface area (Å²) in [5.74, 6) is 4.56. The first kappa shape index (κ1) is 18.8. The molecule has 0 saturated heterocycles. The highest BCUT2D eigenvalue weighted by Gasteiger charge is 2.06. The number of rotatable bonds is 3. The third-order valence-corrected chi connectivity index (χ3v) is 4.85. The molecule has 1 nitrogen and oxygen atoms in total. The fourth-order valence-corrected chi connectivity index (χ4v) is 3.16. The van der Waals surface area contributed by atoms with Gasteiger partial charge in [-0.3, -0.25) is 4.98 Å². The van der Waals surface area contributed by atoms with Gasteiger partial charge in [-0.05, 0) is 72.7 Å². The SMILES string of the molecule is Cc1ccc(CCc2ccc(C#Cc3ccc4c(F)c(F)ccc4c3)cc2)nc1. The number of aromatic nitrogens is 1. The lowest BCUT2D eigenvalue weighted by Crippen LogP contribution is -1.94. The molecule has 0 aliphatic carbocycles. The molecule has 1 aromatic heterocycles. The van der Waals surface area contributed by atoms with Crippen LogP contribution in [0.5, 0.6) is 0 Å². The van der Waals surface area contributed by atoms with E-state index in [2.05, 4.69) is 41.1 Å². The van der Waals surface area contributed by atoms with Gasteiger partial charge in [0.2, 0.25) is 0 Å². The third-order valence-electron chi connectivity index (χ3n) is 4.85. The summed E-state index contributed by atoms with van der Waals surface area (Å²) in [5, 5.41) is 0.902. The van der Waals surface area contributed by atoms with Gasteiger partial charge in [0.25, 0.3) is 0 Å². The van der Waals surface area contributed by atoms with E-state index in [1.807, 2.05) is 25.3 Å². The zero-order chi connectivity index (χ0) is 20.2. The zero-order valence-electron chi connectivity index (χ0n) is 16.0. The Morgan fingerprint density at radius 1 is 0.793 bits per heavy atom. The topological polar surface area (TPSA) is 12.9 Å². The molecule has 0 saturated carbocycles. The number of aryl methyl sites for hydroxylation is 3. The fourth-order valence-electron chi connectivity index (χ4n) is 3.16. The lowest BCUT2D eigenvalue weighted by atomic mass is 10.0. The number of nitrogens with zero attached hydrogens (tertiary/aromatic N) is 1. The van der Waals surface area contributed by atoms with Crippen LogP contribution in [0.1, 0.15) is 27.9 Å². The van der Waals surface area contributed by atoms with E-state index in [9.17, 15) is 8.78 Å². The van der Waals surface area contributed by atoms with E-state index in [-0.39, 0.29) is 5.39 Å². The van der Waals surface area contributed by atoms with Crippen LogP contribution in [0.3, 0.4) is 0 Å². The highest BCUT2D eigenvalue weighted by atomic mass is 19.2. The van der Waals surface area contributed by atoms with Crippen molar-refractivity contribution in [2.75, 3.05) is 0 Å². The summed E-state index contributed by atoms with van der Waals surface area (Å²) in [6.45, 7) is 2.03. The molecule has 1 heterocycles. The zero-order valence-corrected chi connectivity index (χ0v) is 16.0. The van der Waals surface area contributed by atoms with E-state index in [0.717, 1.165) is 35.7 Å². The largest absolute Gasteiger partial charge is 0.261 e. The first-order valence-electron chi connectivity index (χ1n) is 9.49. The summed E-state index contributed by atoms with van der Waals surface area (Å²) < 4.78 is 27.1. The van der Waals surface area contributed by atoms with Crippen molar-refractivity contribution in [2.45, 2.75) is 19.8 Å². The Kier molecular flexibility index (Phi) is 5.35. The normalized spacial score (nSPS) is 10.6. The molecule has 29 heavy (non-hydrogen) atoms. The van der Waals surface area contributed by atoms with Crippen molar-refractivity contribution in [3.8, 4) is 11.8 Å². The molecule has 0 radical (unpaired) electrons. The van der Waals surface area contributed by atoms with E-state index in [4.69, 9.17) is 0 Å². The minimum atomic E-state index is -0.838. The van der Waals surface area contributed by atoms with Crippen LogP contribution >= 0.6 is 0 Å². The molecule has 4 rings (SSSR count). The minimum absolute atomic E-state index is 0.267. The lowest BCUT2D eigenvalue weighted by molar-refractivity contribution is 0.517. The fraction of sp³-hybridized carbons (Fsp3) is 0.115. The number of pyridine rings is 1. The smallest absolute Gasteiger partial charge is 0.166 e. The molecular weight excluding hydrogens is 364 g/mol. The Hall–Kier alpha value is -3.51. The predicted octanol–water partition coefficient (Wildman–Crippen LogP) is 6.01. The second-order valence-corrected chi connectivity index (χ2v) is 7.07. The Labute approximate surface area is 169 Å². The molecule has 0 unspecified atom stereocenters. The first-order valence-corrected chi connectivity index (χ1v) is 9.49. The molecule has 3 aromatic carbocycles. The molecule has 0 N–H and O–H groups in total. The van der Waals surface area contributed by atoms with Gasteiger partial charge in [-0.25, -0.2) is 8.78 Å². The highest BCUT2D eigenvalue weighted by Crippen LogP contribution is 2.21. The van der Waals surface area contributed by atoms with Crippen LogP contribution in [0.15, 0.2) is 72.9 Å². The molecular formula is C26H19F2N. The van der Waals surface area contributed by atoms with Crippen molar-refractivity contribution in [3.63, 3.8) is 0 Å². The quantitative estimate of drug-likeness (QED) is 0.395. The van der Waals surface area contributed by atoms with Gasteiger partial charge in [0, 0.05) is 28.4 Å². The molecule has 0 bridgehead atoms. The molecule has 0 amide bonds. The number of benzene rings is 3. The molecule has 0 aliphatic rings. The van der Waals surface area contributed by atoms with Gasteiger partial charge in [-0.2, -0.15) is 0 Å². The van der Waals surface area contributed by atoms with Crippen molar-refractivity contribution < 1.29 is 8.78 Å². The predicted molar refractivity (Wildman–Crippen MR) is 113 cm³/mol. The van der Waals surface area contributed by atoms with Gasteiger partial charge < -0.3 is 0 Å². The maximum Gasteiger partial charge on any atom is 0.166 e. The van der Waals surface area contributed by atoms with Crippen LogP contribution in [0.4, 0.5) is 8.78 Å². The van der Waals surface area contributed by atoms with Gasteiger partial charge in [0.1, 0.15) is 0 Å². The summed E-state index contributed by atoms with van der Waals surface area (Å²) in [6, 6.07) is 20.1. The number of halogens is 2. The first-order chi connectivity index (χ1) is 14.1. The van der Waals surface area contributed by atoms with Crippen LogP contribution in [-0.2, 0) is 12.8 Å². The summed E-state index contributed by atoms with van der Waals surface area (Å²) >= 11 is 0. The van der Waals surface area contributed by atoms with E-state index in [0.29, 0.717) is 5.39 Å². The Morgan fingerprint density at radius 2 is 1.55 bits per heavy atom.